The molecule has 18 heavy (non-hydrogen) atoms. The molecule has 0 saturated heterocycles. The van der Waals surface area contributed by atoms with Crippen molar-refractivity contribution < 1.29 is 9.90 Å². The summed E-state index contributed by atoms with van der Waals surface area (Å²) in [6.45, 7) is 0. The van der Waals surface area contributed by atoms with Gasteiger partial charge in [0.25, 0.3) is 0 Å². The number of nitrogens with zero attached hydrogens (tertiary/aromatic N) is 2. The van der Waals surface area contributed by atoms with Gasteiger partial charge in [-0.15, -0.1) is 11.3 Å². The summed E-state index contributed by atoms with van der Waals surface area (Å²) in [4.78, 5) is 14.8. The molecule has 2 rings (SSSR count). The van der Waals surface area contributed by atoms with Crippen LogP contribution in [0, 0.1) is 14.2 Å². The van der Waals surface area contributed by atoms with Crippen molar-refractivity contribution in [1.82, 2.24) is 4.98 Å². The molecule has 0 radical (unpaired) electrons. The minimum absolute atomic E-state index is 0.0163. The van der Waals surface area contributed by atoms with Gasteiger partial charge in [-0.05, 0) is 41.1 Å². The topological polar surface area (TPSA) is 74.0 Å². The average Bonchev–Trinajstić information content (AvgIpc) is 2.70. The van der Waals surface area contributed by atoms with Crippen LogP contribution in [-0.4, -0.2) is 16.1 Å². The second-order valence-corrected chi connectivity index (χ2v) is 6.75. The lowest BCUT2D eigenvalue weighted by molar-refractivity contribution is -0.137. The number of rotatable bonds is 4. The molecule has 2 heterocycles. The first-order valence-electron chi connectivity index (χ1n) is 5.27. The molecule has 2 aromatic heterocycles. The van der Waals surface area contributed by atoms with Crippen LogP contribution in [0.2, 0.25) is 0 Å². The van der Waals surface area contributed by atoms with Gasteiger partial charge in [-0.1, -0.05) is 0 Å². The lowest BCUT2D eigenvalue weighted by Gasteiger charge is -2.07. The van der Waals surface area contributed by atoms with Crippen LogP contribution < -0.4 is 0 Å². The highest BCUT2D eigenvalue weighted by atomic mass is 127. The fraction of sp³-hybridized carbons (Fsp3) is 0.250. The molecule has 0 amide bonds. The molecule has 1 N–H and O–H groups in total. The molecule has 0 aliphatic heterocycles. The van der Waals surface area contributed by atoms with Crippen LogP contribution in [0.1, 0.15) is 24.5 Å². The number of hydrogen-bond donors (Lipinski definition) is 1. The largest absolute Gasteiger partial charge is 0.481 e. The van der Waals surface area contributed by atoms with Crippen LogP contribution in [0.15, 0.2) is 18.3 Å². The third-order valence-corrected chi connectivity index (χ3v) is 4.44. The summed E-state index contributed by atoms with van der Waals surface area (Å²) in [5, 5.41) is 18.8. The molecule has 1 atom stereocenters. The zero-order chi connectivity index (χ0) is 13.1. The van der Waals surface area contributed by atoms with Crippen molar-refractivity contribution in [1.29, 1.82) is 5.26 Å². The van der Waals surface area contributed by atoms with E-state index in [9.17, 15) is 10.1 Å². The van der Waals surface area contributed by atoms with Crippen molar-refractivity contribution in [2.45, 2.75) is 18.8 Å². The van der Waals surface area contributed by atoms with Gasteiger partial charge >= 0.3 is 5.97 Å². The molecule has 0 bridgehead atoms. The molecule has 0 spiro atoms. The van der Waals surface area contributed by atoms with Gasteiger partial charge in [0.15, 0.2) is 0 Å². The molecule has 0 aliphatic rings. The molecule has 0 aromatic carbocycles. The van der Waals surface area contributed by atoms with E-state index in [4.69, 9.17) is 5.11 Å². The fourth-order valence-electron chi connectivity index (χ4n) is 1.76. The van der Waals surface area contributed by atoms with Crippen molar-refractivity contribution in [2.24, 2.45) is 0 Å². The Kier molecular flexibility index (Phi) is 4.14. The van der Waals surface area contributed by atoms with Gasteiger partial charge in [-0.2, -0.15) is 5.26 Å². The Labute approximate surface area is 121 Å². The Morgan fingerprint density at radius 1 is 1.67 bits per heavy atom. The van der Waals surface area contributed by atoms with Crippen molar-refractivity contribution in [3.63, 3.8) is 0 Å². The highest BCUT2D eigenvalue weighted by molar-refractivity contribution is 14.1. The summed E-state index contributed by atoms with van der Waals surface area (Å²) >= 11 is 3.87. The van der Waals surface area contributed by atoms with Crippen molar-refractivity contribution in [2.75, 3.05) is 0 Å². The van der Waals surface area contributed by atoms with Crippen LogP contribution in [0.5, 0.6) is 0 Å². The molecule has 1 unspecified atom stereocenters. The standard InChI is InChI=1S/C12H9IN2O2S/c13-10-5-8-9(18-10)3-4-15-12(8)7(6-14)1-2-11(16)17/h3-5,7H,1-2H2,(H,16,17). The Balaban J connectivity index is 2.39. The molecule has 2 aromatic rings. The maximum Gasteiger partial charge on any atom is 0.303 e. The average molecular weight is 372 g/mol. The number of carbonyl (C=O) groups is 1. The van der Waals surface area contributed by atoms with Gasteiger partial charge in [0, 0.05) is 22.7 Å². The number of fused-ring (bicyclic) bond motifs is 1. The van der Waals surface area contributed by atoms with E-state index in [1.807, 2.05) is 12.1 Å². The van der Waals surface area contributed by atoms with Crippen LogP contribution in [0.3, 0.4) is 0 Å². The molecule has 0 fully saturated rings. The van der Waals surface area contributed by atoms with Crippen molar-refractivity contribution in [3.05, 3.63) is 26.9 Å². The van der Waals surface area contributed by atoms with Crippen molar-refractivity contribution in [3.8, 4) is 6.07 Å². The van der Waals surface area contributed by atoms with Gasteiger partial charge in [0.05, 0.1) is 20.6 Å². The molecule has 4 nitrogen and oxygen atoms in total. The fourth-order valence-corrected chi connectivity index (χ4v) is 3.57. The first-order chi connectivity index (χ1) is 8.61. The number of halogens is 1. The van der Waals surface area contributed by atoms with Gasteiger partial charge in [-0.25, -0.2) is 0 Å². The summed E-state index contributed by atoms with van der Waals surface area (Å²) < 4.78 is 2.21. The number of aromatic nitrogens is 1. The second kappa shape index (κ2) is 5.63. The van der Waals surface area contributed by atoms with E-state index in [0.29, 0.717) is 12.1 Å². The minimum atomic E-state index is -0.887. The third kappa shape index (κ3) is 2.79. The zero-order valence-corrected chi connectivity index (χ0v) is 12.2. The summed E-state index contributed by atoms with van der Waals surface area (Å²) in [7, 11) is 0. The van der Waals surface area contributed by atoms with E-state index in [0.717, 1.165) is 13.0 Å². The van der Waals surface area contributed by atoms with E-state index in [1.165, 1.54) is 0 Å². The maximum absolute atomic E-state index is 10.6. The number of aliphatic carboxylic acids is 1. The van der Waals surface area contributed by atoms with Gasteiger partial charge < -0.3 is 5.11 Å². The molecular weight excluding hydrogens is 363 g/mol. The van der Waals surface area contributed by atoms with Gasteiger partial charge in [-0.3, -0.25) is 9.78 Å². The summed E-state index contributed by atoms with van der Waals surface area (Å²) in [6.07, 6.45) is 1.96. The lowest BCUT2D eigenvalue weighted by atomic mass is 9.98. The third-order valence-electron chi connectivity index (χ3n) is 2.58. The highest BCUT2D eigenvalue weighted by Gasteiger charge is 2.17. The lowest BCUT2D eigenvalue weighted by Crippen LogP contribution is -2.03. The van der Waals surface area contributed by atoms with Crippen LogP contribution >= 0.6 is 33.9 Å². The maximum atomic E-state index is 10.6. The monoisotopic (exact) mass is 372 g/mol. The number of thiophene rings is 1. The van der Waals surface area contributed by atoms with E-state index in [-0.39, 0.29) is 6.42 Å². The highest BCUT2D eigenvalue weighted by Crippen LogP contribution is 2.32. The number of nitriles is 1. The number of carboxylic acids is 1. The molecule has 0 saturated carbocycles. The van der Waals surface area contributed by atoms with E-state index < -0.39 is 11.9 Å². The Morgan fingerprint density at radius 2 is 2.44 bits per heavy atom. The number of hydrogen-bond acceptors (Lipinski definition) is 4. The zero-order valence-electron chi connectivity index (χ0n) is 9.26. The second-order valence-electron chi connectivity index (χ2n) is 3.77. The summed E-state index contributed by atoms with van der Waals surface area (Å²) in [6, 6.07) is 6.06. The summed E-state index contributed by atoms with van der Waals surface area (Å²) in [5.74, 6) is -1.35. The molecule has 0 aliphatic carbocycles. The number of carboxylic acid groups (broad SMARTS) is 1. The Bertz CT molecular complexity index is 633. The van der Waals surface area contributed by atoms with E-state index >= 15 is 0 Å². The number of pyridine rings is 1. The molecular formula is C12H9IN2O2S. The smallest absolute Gasteiger partial charge is 0.303 e. The van der Waals surface area contributed by atoms with E-state index in [2.05, 4.69) is 33.6 Å². The van der Waals surface area contributed by atoms with E-state index in [1.54, 1.807) is 17.5 Å². The normalized spacial score (nSPS) is 12.2. The van der Waals surface area contributed by atoms with Crippen LogP contribution in [0.4, 0.5) is 0 Å². The predicted octanol–water partition coefficient (Wildman–Crippen LogP) is 3.37. The van der Waals surface area contributed by atoms with Crippen LogP contribution in [0.25, 0.3) is 10.1 Å². The molecule has 6 heteroatoms. The van der Waals surface area contributed by atoms with Gasteiger partial charge in [0.2, 0.25) is 0 Å². The van der Waals surface area contributed by atoms with Gasteiger partial charge in [0.1, 0.15) is 0 Å². The molecule has 92 valence electrons. The Hall–Kier alpha value is -1.20. The SMILES string of the molecule is N#CC(CCC(=O)O)c1nccc2sc(I)cc12. The first-order valence-corrected chi connectivity index (χ1v) is 7.16. The van der Waals surface area contributed by atoms with Crippen molar-refractivity contribution >= 4 is 50.0 Å². The Morgan fingerprint density at radius 3 is 3.11 bits per heavy atom. The first kappa shape index (κ1) is 13.2. The predicted molar refractivity (Wildman–Crippen MR) is 77.6 cm³/mol. The van der Waals surface area contributed by atoms with Crippen LogP contribution in [-0.2, 0) is 4.79 Å². The minimum Gasteiger partial charge on any atom is -0.481 e. The quantitative estimate of drug-likeness (QED) is 0.836. The summed E-state index contributed by atoms with van der Waals surface area (Å²) in [5.41, 5.74) is 0.690.